The summed E-state index contributed by atoms with van der Waals surface area (Å²) in [4.78, 5) is 9.28. The Morgan fingerprint density at radius 1 is 1.12 bits per heavy atom. The maximum absolute atomic E-state index is 14.1. The molecule has 0 saturated heterocycles. The Labute approximate surface area is 183 Å². The Balaban J connectivity index is 1.50. The molecule has 3 aromatic heterocycles. The van der Waals surface area contributed by atoms with E-state index in [1.165, 1.54) is 31.4 Å². The van der Waals surface area contributed by atoms with Gasteiger partial charge in [-0.1, -0.05) is 25.3 Å². The van der Waals surface area contributed by atoms with Gasteiger partial charge in [-0.05, 0) is 25.8 Å². The lowest BCUT2D eigenvalue weighted by atomic mass is 9.96. The van der Waals surface area contributed by atoms with Crippen molar-refractivity contribution < 1.29 is 8.78 Å². The molecule has 1 saturated carbocycles. The van der Waals surface area contributed by atoms with Gasteiger partial charge in [-0.25, -0.2) is 13.5 Å². The van der Waals surface area contributed by atoms with Crippen molar-refractivity contribution in [3.8, 4) is 0 Å². The number of nitrogens with zero attached hydrogens (tertiary/aromatic N) is 5. The van der Waals surface area contributed by atoms with Gasteiger partial charge in [0, 0.05) is 29.9 Å². The lowest BCUT2D eigenvalue weighted by molar-refractivity contribution is 0.336. The molecule has 8 nitrogen and oxygen atoms in total. The third-order valence-corrected chi connectivity index (χ3v) is 5.78. The molecule has 5 rings (SSSR count). The average Bonchev–Trinajstić information content (AvgIpc) is 3.40. The van der Waals surface area contributed by atoms with Crippen molar-refractivity contribution in [3.05, 3.63) is 53.4 Å². The number of aromatic amines is 1. The van der Waals surface area contributed by atoms with Crippen LogP contribution in [-0.2, 0) is 6.54 Å². The summed E-state index contributed by atoms with van der Waals surface area (Å²) in [7, 11) is 0. The lowest BCUT2D eigenvalue weighted by Crippen LogP contribution is -2.15. The summed E-state index contributed by atoms with van der Waals surface area (Å²) in [5, 5.41) is 18.8. The van der Waals surface area contributed by atoms with Crippen molar-refractivity contribution in [2.75, 3.05) is 10.6 Å². The molecule has 1 aliphatic rings. The standard InChI is InChI=1S/C22H24F2N8/c1-13-9-19(31-30-13)27-20-17-12-26-32(16-5-3-2-4-6-16)21(17)29-22(28-20)25-11-14-7-8-15(23)10-18(14)24/h7-10,12,16H,2-6,11H2,1H3,(H3,25,27,28,29,30,31). The van der Waals surface area contributed by atoms with Crippen LogP contribution < -0.4 is 10.6 Å². The highest BCUT2D eigenvalue weighted by Gasteiger charge is 2.21. The fourth-order valence-electron chi connectivity index (χ4n) is 4.14. The van der Waals surface area contributed by atoms with E-state index in [4.69, 9.17) is 4.98 Å². The number of aryl methyl sites for hydroxylation is 1. The first-order valence-corrected chi connectivity index (χ1v) is 10.8. The first kappa shape index (κ1) is 20.3. The van der Waals surface area contributed by atoms with E-state index < -0.39 is 11.6 Å². The van der Waals surface area contributed by atoms with E-state index in [1.54, 1.807) is 6.20 Å². The predicted octanol–water partition coefficient (Wildman–Crippen LogP) is 5.00. The zero-order valence-electron chi connectivity index (χ0n) is 17.7. The average molecular weight is 438 g/mol. The number of hydrogen-bond acceptors (Lipinski definition) is 6. The highest BCUT2D eigenvalue weighted by molar-refractivity contribution is 5.89. The Hall–Kier alpha value is -3.56. The summed E-state index contributed by atoms with van der Waals surface area (Å²) in [5.74, 6) is 0.292. The molecule has 1 aliphatic carbocycles. The van der Waals surface area contributed by atoms with Gasteiger partial charge in [0.05, 0.1) is 17.6 Å². The second kappa shape index (κ2) is 8.52. The van der Waals surface area contributed by atoms with Gasteiger partial charge in [0.1, 0.15) is 17.5 Å². The van der Waals surface area contributed by atoms with Gasteiger partial charge in [-0.3, -0.25) is 5.10 Å². The largest absolute Gasteiger partial charge is 0.350 e. The van der Waals surface area contributed by atoms with Crippen LogP contribution >= 0.6 is 0 Å². The van der Waals surface area contributed by atoms with Crippen molar-refractivity contribution in [3.63, 3.8) is 0 Å². The molecule has 1 aromatic carbocycles. The molecule has 3 N–H and O–H groups in total. The summed E-state index contributed by atoms with van der Waals surface area (Å²) >= 11 is 0. The fraction of sp³-hybridized carbons (Fsp3) is 0.364. The maximum Gasteiger partial charge on any atom is 0.227 e. The van der Waals surface area contributed by atoms with Crippen LogP contribution in [0.4, 0.5) is 26.4 Å². The van der Waals surface area contributed by atoms with Crippen LogP contribution in [0.3, 0.4) is 0 Å². The zero-order chi connectivity index (χ0) is 22.1. The normalized spacial score (nSPS) is 14.7. The molecule has 3 heterocycles. The number of benzene rings is 1. The third kappa shape index (κ3) is 4.12. The van der Waals surface area contributed by atoms with E-state index in [0.29, 0.717) is 34.8 Å². The van der Waals surface area contributed by atoms with Gasteiger partial charge in [0.15, 0.2) is 11.5 Å². The molecular formula is C22H24F2N8. The number of H-pyrrole nitrogens is 1. The number of halogens is 2. The van der Waals surface area contributed by atoms with Crippen molar-refractivity contribution in [1.29, 1.82) is 0 Å². The summed E-state index contributed by atoms with van der Waals surface area (Å²) in [6, 6.07) is 5.68. The van der Waals surface area contributed by atoms with Gasteiger partial charge in [0.25, 0.3) is 0 Å². The number of hydrogen-bond donors (Lipinski definition) is 3. The number of aromatic nitrogens is 6. The Morgan fingerprint density at radius 3 is 2.72 bits per heavy atom. The second-order valence-electron chi connectivity index (χ2n) is 8.16. The van der Waals surface area contributed by atoms with Crippen LogP contribution in [-0.4, -0.2) is 29.9 Å². The summed E-state index contributed by atoms with van der Waals surface area (Å²) in [5.41, 5.74) is 1.96. The minimum absolute atomic E-state index is 0.121. The highest BCUT2D eigenvalue weighted by atomic mass is 19.1. The minimum atomic E-state index is -0.615. The van der Waals surface area contributed by atoms with Crippen molar-refractivity contribution in [2.24, 2.45) is 0 Å². The molecule has 0 amide bonds. The predicted molar refractivity (Wildman–Crippen MR) is 118 cm³/mol. The summed E-state index contributed by atoms with van der Waals surface area (Å²) in [6.07, 6.45) is 7.48. The van der Waals surface area contributed by atoms with Gasteiger partial charge in [0.2, 0.25) is 5.95 Å². The molecule has 1 fully saturated rings. The van der Waals surface area contributed by atoms with Crippen LogP contribution in [0.5, 0.6) is 0 Å². The summed E-state index contributed by atoms with van der Waals surface area (Å²) < 4.78 is 29.3. The summed E-state index contributed by atoms with van der Waals surface area (Å²) in [6.45, 7) is 2.04. The molecule has 32 heavy (non-hydrogen) atoms. The number of fused-ring (bicyclic) bond motifs is 1. The van der Waals surface area contributed by atoms with Crippen molar-refractivity contribution >= 4 is 28.6 Å². The van der Waals surface area contributed by atoms with Crippen molar-refractivity contribution in [2.45, 2.75) is 51.6 Å². The minimum Gasteiger partial charge on any atom is -0.350 e. The molecule has 10 heteroatoms. The van der Waals surface area contributed by atoms with Gasteiger partial charge in [-0.2, -0.15) is 20.2 Å². The van der Waals surface area contributed by atoms with E-state index in [2.05, 4.69) is 30.9 Å². The van der Waals surface area contributed by atoms with Crippen LogP contribution in [0.2, 0.25) is 0 Å². The first-order chi connectivity index (χ1) is 15.6. The van der Waals surface area contributed by atoms with Crippen LogP contribution in [0.15, 0.2) is 30.5 Å². The van der Waals surface area contributed by atoms with Gasteiger partial charge in [-0.15, -0.1) is 0 Å². The Bertz CT molecular complexity index is 1240. The topological polar surface area (TPSA) is 96.3 Å². The van der Waals surface area contributed by atoms with Crippen LogP contribution in [0.1, 0.15) is 49.4 Å². The molecule has 166 valence electrons. The van der Waals surface area contributed by atoms with E-state index in [9.17, 15) is 8.78 Å². The molecule has 4 aromatic rings. The van der Waals surface area contributed by atoms with Gasteiger partial charge < -0.3 is 10.6 Å². The molecule has 0 atom stereocenters. The maximum atomic E-state index is 14.1. The molecule has 0 radical (unpaired) electrons. The Kier molecular flexibility index (Phi) is 5.42. The van der Waals surface area contributed by atoms with Gasteiger partial charge >= 0.3 is 0 Å². The molecule has 0 bridgehead atoms. The number of rotatable bonds is 6. The molecule has 0 unspecified atom stereocenters. The molecule has 0 spiro atoms. The van der Waals surface area contributed by atoms with E-state index in [-0.39, 0.29) is 6.54 Å². The van der Waals surface area contributed by atoms with E-state index in [0.717, 1.165) is 30.0 Å². The Morgan fingerprint density at radius 2 is 1.97 bits per heavy atom. The van der Waals surface area contributed by atoms with Crippen LogP contribution in [0.25, 0.3) is 11.0 Å². The monoisotopic (exact) mass is 438 g/mol. The third-order valence-electron chi connectivity index (χ3n) is 5.78. The smallest absolute Gasteiger partial charge is 0.227 e. The lowest BCUT2D eigenvalue weighted by Gasteiger charge is -2.22. The number of nitrogens with one attached hydrogen (secondary N) is 3. The van der Waals surface area contributed by atoms with Crippen molar-refractivity contribution in [1.82, 2.24) is 29.9 Å². The fourth-order valence-corrected chi connectivity index (χ4v) is 4.14. The molecule has 0 aliphatic heterocycles. The number of anilines is 3. The first-order valence-electron chi connectivity index (χ1n) is 10.8. The van der Waals surface area contributed by atoms with E-state index >= 15 is 0 Å². The quantitative estimate of drug-likeness (QED) is 0.392. The molecular weight excluding hydrogens is 414 g/mol. The zero-order valence-corrected chi connectivity index (χ0v) is 17.7. The van der Waals surface area contributed by atoms with E-state index in [1.807, 2.05) is 17.7 Å². The SMILES string of the molecule is Cc1cc(Nc2nc(NCc3ccc(F)cc3F)nc3c2cnn3C2CCCCC2)n[nH]1. The highest BCUT2D eigenvalue weighted by Crippen LogP contribution is 2.32. The second-order valence-corrected chi connectivity index (χ2v) is 8.16. The van der Waals surface area contributed by atoms with Crippen LogP contribution in [0, 0.1) is 18.6 Å².